The number of rotatable bonds is 8. The molecule has 4 rings (SSSR count). The molecule has 0 unspecified atom stereocenters. The first-order valence-electron chi connectivity index (χ1n) is 14.6. The maximum absolute atomic E-state index is 13.2. The average molecular weight is 707 g/mol. The number of likely N-dealkylation sites (N-methyl/N-ethyl adjacent to an activating group) is 1. The maximum atomic E-state index is 13.2. The minimum Gasteiger partial charge on any atom is -0.507 e. The van der Waals surface area contributed by atoms with Crippen LogP contribution in [0.2, 0.25) is 0 Å². The van der Waals surface area contributed by atoms with Crippen LogP contribution in [0.15, 0.2) is 73.8 Å². The molecule has 47 heavy (non-hydrogen) atoms. The molecule has 2 aliphatic heterocycles. The number of amides is 5. The molecule has 5 amide bonds. The number of anilines is 1. The van der Waals surface area contributed by atoms with Gasteiger partial charge >= 0.3 is 12.1 Å². The molecule has 244 valence electrons. The van der Waals surface area contributed by atoms with E-state index in [1.165, 1.54) is 18.0 Å². The van der Waals surface area contributed by atoms with E-state index in [0.717, 1.165) is 23.9 Å². The van der Waals surface area contributed by atoms with Crippen LogP contribution in [0.4, 0.5) is 15.3 Å². The van der Waals surface area contributed by atoms with E-state index in [0.29, 0.717) is 47.6 Å². The van der Waals surface area contributed by atoms with E-state index in [-0.39, 0.29) is 30.8 Å². The number of hydrogen-bond acceptors (Lipinski definition) is 9. The zero-order valence-corrected chi connectivity index (χ0v) is 27.0. The lowest BCUT2D eigenvalue weighted by molar-refractivity contribution is -0.157. The molecule has 2 aromatic carbocycles. The topological polar surface area (TPSA) is 177 Å². The van der Waals surface area contributed by atoms with Crippen LogP contribution in [0.3, 0.4) is 0 Å². The lowest BCUT2D eigenvalue weighted by Gasteiger charge is -2.37. The number of nitrogens with zero attached hydrogens (tertiary/aromatic N) is 6. The molecule has 0 saturated carbocycles. The number of ether oxygens (including phenoxy) is 1. The molecule has 0 radical (unpaired) electrons. The van der Waals surface area contributed by atoms with Gasteiger partial charge in [-0.05, 0) is 70.2 Å². The predicted octanol–water partition coefficient (Wildman–Crippen LogP) is 3.37. The number of aliphatic imine (C=N–C) groups is 3. The van der Waals surface area contributed by atoms with Gasteiger partial charge in [-0.1, -0.05) is 24.3 Å². The van der Waals surface area contributed by atoms with Crippen LogP contribution >= 0.6 is 15.9 Å². The van der Waals surface area contributed by atoms with Crippen molar-refractivity contribution in [2.45, 2.75) is 37.8 Å². The molecular weight excluding hydrogens is 674 g/mol. The second kappa shape index (κ2) is 16.9. The molecule has 14 nitrogen and oxygen atoms in total. The minimum absolute atomic E-state index is 0.00936. The summed E-state index contributed by atoms with van der Waals surface area (Å²) in [7, 11) is 1.17. The summed E-state index contributed by atoms with van der Waals surface area (Å²) in [5.41, 5.74) is 4.89. The van der Waals surface area contributed by atoms with E-state index < -0.39 is 24.0 Å². The number of aromatic hydroxyl groups is 1. The quantitative estimate of drug-likeness (QED) is 0.163. The summed E-state index contributed by atoms with van der Waals surface area (Å²) >= 11 is 3.24. The fourth-order valence-electron chi connectivity index (χ4n) is 4.89. The highest BCUT2D eigenvalue weighted by atomic mass is 79.9. The molecule has 1 saturated heterocycles. The Morgan fingerprint density at radius 1 is 1.15 bits per heavy atom. The van der Waals surface area contributed by atoms with Gasteiger partial charge in [0.1, 0.15) is 12.3 Å². The summed E-state index contributed by atoms with van der Waals surface area (Å²) in [6, 6.07) is 12.1. The van der Waals surface area contributed by atoms with Gasteiger partial charge < -0.3 is 25.0 Å². The zero-order chi connectivity index (χ0) is 33.8. The van der Waals surface area contributed by atoms with Crippen LogP contribution in [-0.2, 0) is 27.2 Å². The zero-order valence-electron chi connectivity index (χ0n) is 25.4. The van der Waals surface area contributed by atoms with Gasteiger partial charge in [-0.3, -0.25) is 14.8 Å². The normalized spacial score (nSPS) is 14.7. The highest BCUT2D eigenvalue weighted by Gasteiger charge is 2.33. The number of urea groups is 1. The Labute approximate surface area is 278 Å². The van der Waals surface area contributed by atoms with Crippen molar-refractivity contribution in [2.75, 3.05) is 38.5 Å². The minimum atomic E-state index is -1.31. The van der Waals surface area contributed by atoms with Gasteiger partial charge in [0, 0.05) is 50.7 Å². The fourth-order valence-corrected chi connectivity index (χ4v) is 5.32. The summed E-state index contributed by atoms with van der Waals surface area (Å²) in [4.78, 5) is 64.6. The molecule has 0 spiro atoms. The van der Waals surface area contributed by atoms with Gasteiger partial charge in [-0.15, -0.1) is 0 Å². The van der Waals surface area contributed by atoms with Gasteiger partial charge in [-0.25, -0.2) is 19.6 Å². The van der Waals surface area contributed by atoms with Gasteiger partial charge in [-0.2, -0.15) is 9.98 Å². The molecule has 1 fully saturated rings. The number of nitrogens with one attached hydrogen (secondary N) is 1. The molecule has 2 aromatic rings. The first-order valence-corrected chi connectivity index (χ1v) is 15.4. The fraction of sp³-hybridized carbons (Fsp3) is 0.344. The summed E-state index contributed by atoms with van der Waals surface area (Å²) < 4.78 is 6.04. The number of carbonyl (C=O) groups excluding carboxylic acids is 4. The summed E-state index contributed by atoms with van der Waals surface area (Å²) in [6.07, 6.45) is 0.859. The number of piperidine rings is 1. The van der Waals surface area contributed by atoms with E-state index in [4.69, 9.17) is 9.94 Å². The first kappa shape index (κ1) is 34.6. The van der Waals surface area contributed by atoms with Crippen molar-refractivity contribution in [3.63, 3.8) is 0 Å². The second-order valence-electron chi connectivity index (χ2n) is 10.5. The number of carbonyl (C=O) groups is 4. The number of likely N-dealkylation sites (tertiary alicyclic amines) is 1. The summed E-state index contributed by atoms with van der Waals surface area (Å²) in [5.74, 6) is 5.39. The largest absolute Gasteiger partial charge is 0.507 e. The number of fused-ring (bicyclic) bond motifs is 1. The lowest BCUT2D eigenvalue weighted by Crippen LogP contribution is -2.50. The molecule has 0 bridgehead atoms. The average Bonchev–Trinajstić information content (AvgIpc) is 3.23. The smallest absolute Gasteiger partial charge is 0.410 e. The van der Waals surface area contributed by atoms with Crippen molar-refractivity contribution in [1.82, 2.24) is 14.9 Å². The molecule has 2 aliphatic rings. The second-order valence-corrected chi connectivity index (χ2v) is 11.4. The van der Waals surface area contributed by atoms with Crippen molar-refractivity contribution in [2.24, 2.45) is 15.0 Å². The third kappa shape index (κ3) is 10.1. The molecule has 3 N–H and O–H groups in total. The molecule has 15 heteroatoms. The Kier molecular flexibility index (Phi) is 12.4. The number of benzene rings is 2. The van der Waals surface area contributed by atoms with Crippen LogP contribution in [0.25, 0.3) is 0 Å². The van der Waals surface area contributed by atoms with Crippen LogP contribution in [-0.4, -0.2) is 112 Å². The molecule has 1 atom stereocenters. The highest BCUT2D eigenvalue weighted by molar-refractivity contribution is 9.10. The van der Waals surface area contributed by atoms with Crippen molar-refractivity contribution in [1.29, 1.82) is 0 Å². The monoisotopic (exact) mass is 705 g/mol. The lowest BCUT2D eigenvalue weighted by atomic mass is 10.0. The van der Waals surface area contributed by atoms with Crippen molar-refractivity contribution >= 4 is 63.2 Å². The third-order valence-electron chi connectivity index (χ3n) is 7.39. The molecular formula is C32H32BrN7O7. The third-order valence-corrected chi connectivity index (χ3v) is 8.02. The Bertz CT molecular complexity index is 1710. The highest BCUT2D eigenvalue weighted by Crippen LogP contribution is 2.27. The Hall–Kier alpha value is -5.25. The predicted molar refractivity (Wildman–Crippen MR) is 175 cm³/mol. The van der Waals surface area contributed by atoms with Crippen LogP contribution in [0, 0.1) is 0 Å². The molecule has 2 heterocycles. The van der Waals surface area contributed by atoms with E-state index >= 15 is 0 Å². The summed E-state index contributed by atoms with van der Waals surface area (Å²) in [5, 5.41) is 22.2. The summed E-state index contributed by atoms with van der Waals surface area (Å²) in [6.45, 7) is 0.893. The van der Waals surface area contributed by atoms with E-state index in [2.05, 4.69) is 59.6 Å². The van der Waals surface area contributed by atoms with E-state index in [1.807, 2.05) is 29.2 Å². The van der Waals surface area contributed by atoms with Crippen molar-refractivity contribution in [3.05, 3.63) is 70.0 Å². The molecule has 0 aliphatic carbocycles. The molecule has 0 aromatic heterocycles. The Morgan fingerprint density at radius 3 is 2.66 bits per heavy atom. The number of halogens is 1. The van der Waals surface area contributed by atoms with Crippen molar-refractivity contribution < 1.29 is 34.2 Å². The van der Waals surface area contributed by atoms with Gasteiger partial charge in [0.05, 0.1) is 22.4 Å². The van der Waals surface area contributed by atoms with Crippen LogP contribution in [0.1, 0.15) is 24.0 Å². The number of hydroxylamine groups is 2. The number of phenolic OH excluding ortho intramolecular Hbond substituents is 1. The SMILES string of the molecule is CN(O)C(=O)CN=C=C=CN=C=C=NC(=O)[C@@H](Cc1ccc(O)c(Br)c1)OC(=O)N1CCC(N2CCc3ccccc3NC2=O)CC1. The van der Waals surface area contributed by atoms with Gasteiger partial charge in [0.2, 0.25) is 0 Å². The first-order chi connectivity index (χ1) is 22.6. The maximum Gasteiger partial charge on any atom is 0.410 e. The van der Waals surface area contributed by atoms with Crippen LogP contribution < -0.4 is 5.32 Å². The van der Waals surface area contributed by atoms with E-state index in [1.54, 1.807) is 12.1 Å². The van der Waals surface area contributed by atoms with Gasteiger partial charge in [0.25, 0.3) is 11.8 Å². The number of para-hydroxylation sites is 1. The standard InChI is InChI=1S/C32H32BrN7O7/c1-38(46)29(42)21-35-13-4-12-34-14-15-36-30(43)28(20-22-7-8-27(41)25(33)19-22)47-32(45)39-16-10-24(11-17-39)40-18-9-23-5-2-3-6-26(23)37-31(40)44/h2-3,5-8,12,19,24,28,41,46H,9-11,16-18,20-21H2,1H3,(H,37,44)/t28-/m1/s1. The number of hydrogen-bond donors (Lipinski definition) is 3. The Balaban J connectivity index is 1.39. The number of phenols is 1. The van der Waals surface area contributed by atoms with Crippen molar-refractivity contribution in [3.8, 4) is 5.75 Å². The van der Waals surface area contributed by atoms with E-state index in [9.17, 15) is 24.3 Å². The Morgan fingerprint density at radius 2 is 1.91 bits per heavy atom. The van der Waals surface area contributed by atoms with Gasteiger partial charge in [0.15, 0.2) is 6.10 Å². The van der Waals surface area contributed by atoms with Crippen LogP contribution in [0.5, 0.6) is 5.75 Å².